The van der Waals surface area contributed by atoms with Crippen molar-refractivity contribution in [2.45, 2.75) is 44.7 Å². The number of nitrogens with one attached hydrogen (secondary N) is 1. The standard InChI is InChI=1S/C21H28FN5/c22-18-7-5-6-17(14-18)15-26-13-9-19(16-26)24-21-23-10-8-20(25-21)27-11-3-1-2-4-12-27/h5-8,10,14,19H,1-4,9,11-13,15-16H2,(H,23,24,25). The molecule has 0 amide bonds. The number of hydrogen-bond acceptors (Lipinski definition) is 5. The molecule has 2 saturated heterocycles. The second-order valence-electron chi connectivity index (χ2n) is 7.63. The molecular formula is C21H28FN5. The first-order valence-corrected chi connectivity index (χ1v) is 10.1. The van der Waals surface area contributed by atoms with E-state index in [1.165, 1.54) is 31.7 Å². The molecule has 2 aliphatic heterocycles. The van der Waals surface area contributed by atoms with Crippen LogP contribution in [0.4, 0.5) is 16.2 Å². The summed E-state index contributed by atoms with van der Waals surface area (Å²) in [4.78, 5) is 13.9. The maximum Gasteiger partial charge on any atom is 0.224 e. The lowest BCUT2D eigenvalue weighted by Gasteiger charge is -2.22. The van der Waals surface area contributed by atoms with Crippen molar-refractivity contribution < 1.29 is 4.39 Å². The maximum atomic E-state index is 13.4. The van der Waals surface area contributed by atoms with Crippen molar-refractivity contribution in [3.05, 3.63) is 47.9 Å². The van der Waals surface area contributed by atoms with E-state index in [0.29, 0.717) is 12.0 Å². The van der Waals surface area contributed by atoms with Gasteiger partial charge in [-0.3, -0.25) is 4.90 Å². The molecule has 1 aromatic heterocycles. The Morgan fingerprint density at radius 3 is 2.74 bits per heavy atom. The Hall–Kier alpha value is -2.21. The minimum Gasteiger partial charge on any atom is -0.356 e. The average Bonchev–Trinajstić information content (AvgIpc) is 2.93. The van der Waals surface area contributed by atoms with Crippen LogP contribution < -0.4 is 10.2 Å². The third-order valence-corrected chi connectivity index (χ3v) is 5.47. The molecular weight excluding hydrogens is 341 g/mol. The van der Waals surface area contributed by atoms with E-state index in [0.717, 1.165) is 50.5 Å². The lowest BCUT2D eigenvalue weighted by Crippen LogP contribution is -2.28. The highest BCUT2D eigenvalue weighted by molar-refractivity contribution is 5.43. The number of halogens is 1. The highest BCUT2D eigenvalue weighted by Crippen LogP contribution is 2.20. The second-order valence-corrected chi connectivity index (χ2v) is 7.63. The highest BCUT2D eigenvalue weighted by atomic mass is 19.1. The van der Waals surface area contributed by atoms with Gasteiger partial charge in [0.25, 0.3) is 0 Å². The predicted molar refractivity (Wildman–Crippen MR) is 106 cm³/mol. The summed E-state index contributed by atoms with van der Waals surface area (Å²) in [5.41, 5.74) is 1.02. The summed E-state index contributed by atoms with van der Waals surface area (Å²) in [7, 11) is 0. The first kappa shape index (κ1) is 18.2. The van der Waals surface area contributed by atoms with Crippen LogP contribution in [0.25, 0.3) is 0 Å². The molecule has 1 unspecified atom stereocenters. The molecule has 27 heavy (non-hydrogen) atoms. The van der Waals surface area contributed by atoms with E-state index < -0.39 is 0 Å². The van der Waals surface area contributed by atoms with Gasteiger partial charge in [-0.05, 0) is 43.0 Å². The van der Waals surface area contributed by atoms with Gasteiger partial charge < -0.3 is 10.2 Å². The number of anilines is 2. The van der Waals surface area contributed by atoms with Gasteiger partial charge in [0.05, 0.1) is 0 Å². The van der Waals surface area contributed by atoms with Crippen molar-refractivity contribution in [2.75, 3.05) is 36.4 Å². The van der Waals surface area contributed by atoms with E-state index in [2.05, 4.69) is 20.1 Å². The molecule has 0 spiro atoms. The SMILES string of the molecule is Fc1cccc(CN2CCC(Nc3nccc(N4CCCCCC4)n3)C2)c1. The van der Waals surface area contributed by atoms with Crippen molar-refractivity contribution in [1.82, 2.24) is 14.9 Å². The largest absolute Gasteiger partial charge is 0.356 e. The van der Waals surface area contributed by atoms with Crippen molar-refractivity contribution in [1.29, 1.82) is 0 Å². The summed E-state index contributed by atoms with van der Waals surface area (Å²) in [6, 6.07) is 9.22. The van der Waals surface area contributed by atoms with Gasteiger partial charge in [0, 0.05) is 45.0 Å². The van der Waals surface area contributed by atoms with Crippen LogP contribution in [0.5, 0.6) is 0 Å². The molecule has 2 fully saturated rings. The molecule has 0 bridgehead atoms. The van der Waals surface area contributed by atoms with Gasteiger partial charge in [-0.2, -0.15) is 4.98 Å². The zero-order valence-corrected chi connectivity index (χ0v) is 15.8. The van der Waals surface area contributed by atoms with Crippen molar-refractivity contribution in [3.8, 4) is 0 Å². The van der Waals surface area contributed by atoms with E-state index >= 15 is 0 Å². The predicted octanol–water partition coefficient (Wildman–Crippen LogP) is 3.68. The molecule has 1 atom stereocenters. The highest BCUT2D eigenvalue weighted by Gasteiger charge is 2.23. The fraction of sp³-hybridized carbons (Fsp3) is 0.524. The Balaban J connectivity index is 1.33. The molecule has 2 aliphatic rings. The Morgan fingerprint density at radius 1 is 1.07 bits per heavy atom. The van der Waals surface area contributed by atoms with Gasteiger partial charge in [-0.15, -0.1) is 0 Å². The molecule has 6 heteroatoms. The van der Waals surface area contributed by atoms with Crippen LogP contribution >= 0.6 is 0 Å². The summed E-state index contributed by atoms with van der Waals surface area (Å²) in [6.07, 6.45) is 8.02. The third kappa shape index (κ3) is 4.95. The quantitative estimate of drug-likeness (QED) is 0.871. The normalized spacial score (nSPS) is 21.2. The monoisotopic (exact) mass is 369 g/mol. The van der Waals surface area contributed by atoms with Crippen LogP contribution in [0.15, 0.2) is 36.5 Å². The van der Waals surface area contributed by atoms with Gasteiger partial charge in [-0.1, -0.05) is 25.0 Å². The van der Waals surface area contributed by atoms with E-state index in [1.54, 1.807) is 12.1 Å². The molecule has 4 rings (SSSR count). The number of benzene rings is 1. The lowest BCUT2D eigenvalue weighted by atomic mass is 10.2. The summed E-state index contributed by atoms with van der Waals surface area (Å²) < 4.78 is 13.4. The second kappa shape index (κ2) is 8.65. The van der Waals surface area contributed by atoms with Gasteiger partial charge >= 0.3 is 0 Å². The van der Waals surface area contributed by atoms with E-state index in [1.807, 2.05) is 18.3 Å². The van der Waals surface area contributed by atoms with Gasteiger partial charge in [-0.25, -0.2) is 9.37 Å². The Morgan fingerprint density at radius 2 is 1.93 bits per heavy atom. The minimum absolute atomic E-state index is 0.167. The Labute approximate surface area is 160 Å². The third-order valence-electron chi connectivity index (χ3n) is 5.47. The van der Waals surface area contributed by atoms with Crippen LogP contribution in [-0.2, 0) is 6.54 Å². The summed E-state index contributed by atoms with van der Waals surface area (Å²) in [5, 5.41) is 3.50. The number of rotatable bonds is 5. The summed E-state index contributed by atoms with van der Waals surface area (Å²) in [5.74, 6) is 1.58. The molecule has 144 valence electrons. The first-order chi connectivity index (χ1) is 13.3. The molecule has 1 N–H and O–H groups in total. The number of likely N-dealkylation sites (tertiary alicyclic amines) is 1. The zero-order chi connectivity index (χ0) is 18.5. The maximum absolute atomic E-state index is 13.4. The average molecular weight is 369 g/mol. The minimum atomic E-state index is -0.167. The molecule has 0 radical (unpaired) electrons. The lowest BCUT2D eigenvalue weighted by molar-refractivity contribution is 0.328. The fourth-order valence-corrected chi connectivity index (χ4v) is 4.06. The summed E-state index contributed by atoms with van der Waals surface area (Å²) in [6.45, 7) is 4.88. The van der Waals surface area contributed by atoms with Crippen LogP contribution in [0.2, 0.25) is 0 Å². The van der Waals surface area contributed by atoms with E-state index in [-0.39, 0.29) is 5.82 Å². The topological polar surface area (TPSA) is 44.3 Å². The molecule has 5 nitrogen and oxygen atoms in total. The number of nitrogens with zero attached hydrogens (tertiary/aromatic N) is 4. The summed E-state index contributed by atoms with van der Waals surface area (Å²) >= 11 is 0. The fourth-order valence-electron chi connectivity index (χ4n) is 4.06. The first-order valence-electron chi connectivity index (χ1n) is 10.1. The molecule has 0 saturated carbocycles. The number of aromatic nitrogens is 2. The van der Waals surface area contributed by atoms with Gasteiger partial charge in [0.1, 0.15) is 11.6 Å². The van der Waals surface area contributed by atoms with Gasteiger partial charge in [0.2, 0.25) is 5.95 Å². The van der Waals surface area contributed by atoms with Crippen molar-refractivity contribution >= 4 is 11.8 Å². The molecule has 0 aliphatic carbocycles. The van der Waals surface area contributed by atoms with Gasteiger partial charge in [0.15, 0.2) is 0 Å². The van der Waals surface area contributed by atoms with E-state index in [4.69, 9.17) is 4.98 Å². The van der Waals surface area contributed by atoms with Crippen molar-refractivity contribution in [3.63, 3.8) is 0 Å². The molecule has 2 aromatic rings. The Bertz CT molecular complexity index is 745. The van der Waals surface area contributed by atoms with Crippen LogP contribution in [0, 0.1) is 5.82 Å². The molecule has 3 heterocycles. The van der Waals surface area contributed by atoms with Crippen molar-refractivity contribution in [2.24, 2.45) is 0 Å². The smallest absolute Gasteiger partial charge is 0.224 e. The van der Waals surface area contributed by atoms with Crippen LogP contribution in [-0.4, -0.2) is 47.1 Å². The number of hydrogen-bond donors (Lipinski definition) is 1. The molecule has 1 aromatic carbocycles. The Kier molecular flexibility index (Phi) is 5.82. The zero-order valence-electron chi connectivity index (χ0n) is 15.8. The van der Waals surface area contributed by atoms with Crippen LogP contribution in [0.3, 0.4) is 0 Å². The van der Waals surface area contributed by atoms with E-state index in [9.17, 15) is 4.39 Å². The van der Waals surface area contributed by atoms with Crippen LogP contribution in [0.1, 0.15) is 37.7 Å².